The third kappa shape index (κ3) is 4.80. The highest BCUT2D eigenvalue weighted by Gasteiger charge is 2.55. The lowest BCUT2D eigenvalue weighted by Gasteiger charge is -2.36. The summed E-state index contributed by atoms with van der Waals surface area (Å²) in [6.45, 7) is 1.84. The first-order chi connectivity index (χ1) is 25.2. The summed E-state index contributed by atoms with van der Waals surface area (Å²) in [5, 5.41) is 2.14. The maximum atomic E-state index is 5.43. The molecule has 6 heterocycles. The van der Waals surface area contributed by atoms with E-state index in [-0.39, 0.29) is 11.5 Å². The second-order valence-corrected chi connectivity index (χ2v) is 14.7. The molecule has 4 aromatic carbocycles. The molecule has 2 N–H and O–H groups in total. The van der Waals surface area contributed by atoms with Gasteiger partial charge in [0.1, 0.15) is 0 Å². The van der Waals surface area contributed by atoms with E-state index in [9.17, 15) is 0 Å². The van der Waals surface area contributed by atoms with Crippen molar-refractivity contribution >= 4 is 38.4 Å². The number of halogens is 1. The van der Waals surface area contributed by atoms with Crippen LogP contribution in [0.1, 0.15) is 40.1 Å². The Kier molecular flexibility index (Phi) is 7.19. The van der Waals surface area contributed by atoms with Gasteiger partial charge < -0.3 is 9.97 Å². The monoisotopic (exact) mass is 722 g/mol. The molecule has 0 aliphatic carbocycles. The van der Waals surface area contributed by atoms with Crippen LogP contribution in [-0.4, -0.2) is 39.7 Å². The molecule has 0 spiro atoms. The number of aromatic nitrogens is 2. The van der Waals surface area contributed by atoms with Crippen LogP contribution in [0.3, 0.4) is 0 Å². The van der Waals surface area contributed by atoms with E-state index < -0.39 is 0 Å². The summed E-state index contributed by atoms with van der Waals surface area (Å²) in [7, 11) is 0. The largest absolute Gasteiger partial charge is 0.358 e. The number of fused-ring (bicyclic) bond motifs is 6. The Morgan fingerprint density at radius 3 is 1.86 bits per heavy atom. The standard InChI is InChI=1S/C46H35BrN4/c47-44-34-29-51-28-27-46(45(44)51,33-19-11-4-12-20-33)40-26-25-39(50-40)43(32-17-9-3-10-18-32)38-24-23-37(49-38)42(31-15-7-2-8-16-31)36-22-21-35(48-36)41(34)30-13-5-1-6-14-30/h1-26,45,48,50H,27-29H2/b41-35?,42-36?,43-38-/t45?,46-/m0/s1. The number of aliphatic imine (C=N–C) groups is 1. The van der Waals surface area contributed by atoms with Crippen LogP contribution in [0.2, 0.25) is 0 Å². The van der Waals surface area contributed by atoms with Crippen LogP contribution in [0.4, 0.5) is 0 Å². The van der Waals surface area contributed by atoms with Crippen LogP contribution in [0.5, 0.6) is 0 Å². The molecule has 8 bridgehead atoms. The molecule has 4 nitrogen and oxygen atoms in total. The molecule has 2 aromatic heterocycles. The van der Waals surface area contributed by atoms with Crippen LogP contribution in [0.25, 0.3) is 16.7 Å². The quantitative estimate of drug-likeness (QED) is 0.189. The fraction of sp³-hybridized carbons (Fsp3) is 0.109. The van der Waals surface area contributed by atoms with E-state index in [0.717, 1.165) is 69.6 Å². The Balaban J connectivity index is 1.35. The first-order valence-electron chi connectivity index (χ1n) is 17.7. The summed E-state index contributed by atoms with van der Waals surface area (Å²) in [6, 6.07) is 52.5. The third-order valence-electron chi connectivity index (χ3n) is 11.1. The lowest BCUT2D eigenvalue weighted by Crippen LogP contribution is -2.41. The van der Waals surface area contributed by atoms with Gasteiger partial charge in [0, 0.05) is 56.4 Å². The van der Waals surface area contributed by atoms with Crippen molar-refractivity contribution in [3.05, 3.63) is 218 Å². The SMILES string of the molecule is BrC1=C2CN3CC[C@](c4ccccc4)(c4ccc([nH]4)/C(c4ccccc4)=C4/C=CC(=N4)C(c4ccccc4)=c4ccc([nH]4)=C2c2ccccc2)C13. The Bertz CT molecular complexity index is 2550. The number of nitrogens with zero attached hydrogens (tertiary/aromatic N) is 2. The Labute approximate surface area is 305 Å². The topological polar surface area (TPSA) is 47.2 Å². The summed E-state index contributed by atoms with van der Waals surface area (Å²) in [5.41, 5.74) is 13.4. The number of hydrogen-bond donors (Lipinski definition) is 2. The molecule has 0 radical (unpaired) electrons. The number of rotatable bonds is 4. The van der Waals surface area contributed by atoms with Gasteiger partial charge in [-0.1, -0.05) is 137 Å². The smallest absolute Gasteiger partial charge is 0.0737 e. The minimum Gasteiger partial charge on any atom is -0.358 e. The summed E-state index contributed by atoms with van der Waals surface area (Å²) in [4.78, 5) is 16.1. The summed E-state index contributed by atoms with van der Waals surface area (Å²) < 4.78 is 1.25. The van der Waals surface area contributed by atoms with E-state index in [2.05, 4.69) is 189 Å². The molecule has 10 rings (SSSR count). The molecule has 0 amide bonds. The van der Waals surface area contributed by atoms with Crippen molar-refractivity contribution in [3.8, 4) is 0 Å². The summed E-state index contributed by atoms with van der Waals surface area (Å²) in [5.74, 6) is 0. The van der Waals surface area contributed by atoms with Crippen LogP contribution < -0.4 is 10.7 Å². The van der Waals surface area contributed by atoms with Gasteiger partial charge in [-0.3, -0.25) is 4.90 Å². The van der Waals surface area contributed by atoms with Crippen molar-refractivity contribution < 1.29 is 0 Å². The second kappa shape index (κ2) is 12.1. The van der Waals surface area contributed by atoms with E-state index >= 15 is 0 Å². The van der Waals surface area contributed by atoms with Gasteiger partial charge in [0.25, 0.3) is 0 Å². The molecule has 1 unspecified atom stereocenters. The first kappa shape index (κ1) is 30.3. The van der Waals surface area contributed by atoms with Gasteiger partial charge in [0.15, 0.2) is 0 Å². The Hall–Kier alpha value is -5.49. The van der Waals surface area contributed by atoms with Crippen LogP contribution in [0.15, 0.2) is 178 Å². The Morgan fingerprint density at radius 2 is 1.20 bits per heavy atom. The number of hydrogen-bond acceptors (Lipinski definition) is 2. The van der Waals surface area contributed by atoms with Crippen LogP contribution in [0, 0.1) is 0 Å². The number of allylic oxidation sites excluding steroid dienone is 2. The van der Waals surface area contributed by atoms with Crippen molar-refractivity contribution in [2.75, 3.05) is 13.1 Å². The minimum atomic E-state index is -0.291. The maximum Gasteiger partial charge on any atom is 0.0737 e. The highest BCUT2D eigenvalue weighted by Crippen LogP contribution is 2.54. The fourth-order valence-corrected chi connectivity index (χ4v) is 9.88. The van der Waals surface area contributed by atoms with Crippen LogP contribution >= 0.6 is 15.9 Å². The number of benzene rings is 4. The molecular formula is C46H35BrN4. The average molecular weight is 724 g/mol. The zero-order chi connectivity index (χ0) is 33.9. The highest BCUT2D eigenvalue weighted by molar-refractivity contribution is 9.11. The molecule has 0 saturated carbocycles. The van der Waals surface area contributed by atoms with Gasteiger partial charge in [-0.15, -0.1) is 0 Å². The molecule has 2 atom stereocenters. The van der Waals surface area contributed by atoms with Crippen molar-refractivity contribution in [3.63, 3.8) is 0 Å². The number of nitrogens with one attached hydrogen (secondary N) is 2. The normalized spacial score (nSPS) is 22.6. The summed E-state index contributed by atoms with van der Waals surface area (Å²) >= 11 is 4.32. The maximum absolute atomic E-state index is 5.43. The predicted octanol–water partition coefficient (Wildman–Crippen LogP) is 8.25. The summed E-state index contributed by atoms with van der Waals surface area (Å²) in [6.07, 6.45) is 5.36. The van der Waals surface area contributed by atoms with Crippen molar-refractivity contribution in [1.82, 2.24) is 14.9 Å². The average Bonchev–Trinajstić information content (AvgIpc) is 4.03. The number of aromatic amines is 2. The molecule has 6 aromatic rings. The fourth-order valence-electron chi connectivity index (χ4n) is 8.88. The van der Waals surface area contributed by atoms with Crippen molar-refractivity contribution in [2.45, 2.75) is 17.9 Å². The van der Waals surface area contributed by atoms with Crippen molar-refractivity contribution in [1.29, 1.82) is 0 Å². The predicted molar refractivity (Wildman–Crippen MR) is 211 cm³/mol. The van der Waals surface area contributed by atoms with Crippen molar-refractivity contribution in [2.24, 2.45) is 4.99 Å². The molecule has 1 saturated heterocycles. The first-order valence-corrected chi connectivity index (χ1v) is 18.5. The highest BCUT2D eigenvalue weighted by atomic mass is 79.9. The molecule has 246 valence electrons. The van der Waals surface area contributed by atoms with E-state index in [1.54, 1.807) is 0 Å². The Morgan fingerprint density at radius 1 is 0.608 bits per heavy atom. The molecule has 4 aliphatic heterocycles. The lowest BCUT2D eigenvalue weighted by atomic mass is 9.71. The number of H-pyrrole nitrogens is 2. The zero-order valence-electron chi connectivity index (χ0n) is 28.0. The van der Waals surface area contributed by atoms with Crippen LogP contribution in [-0.2, 0) is 5.41 Å². The van der Waals surface area contributed by atoms with E-state index in [1.165, 1.54) is 32.4 Å². The molecule has 4 aliphatic rings. The van der Waals surface area contributed by atoms with Gasteiger partial charge in [0.05, 0.1) is 22.9 Å². The van der Waals surface area contributed by atoms with E-state index in [4.69, 9.17) is 4.99 Å². The minimum absolute atomic E-state index is 0.123. The van der Waals surface area contributed by atoms with Gasteiger partial charge in [-0.05, 0) is 70.7 Å². The van der Waals surface area contributed by atoms with E-state index in [1.807, 2.05) is 0 Å². The zero-order valence-corrected chi connectivity index (χ0v) is 29.6. The molecule has 1 fully saturated rings. The van der Waals surface area contributed by atoms with Gasteiger partial charge in [0.2, 0.25) is 0 Å². The van der Waals surface area contributed by atoms with E-state index in [0.29, 0.717) is 0 Å². The van der Waals surface area contributed by atoms with Gasteiger partial charge in [-0.25, -0.2) is 4.99 Å². The third-order valence-corrected chi connectivity index (χ3v) is 12.0. The lowest BCUT2D eigenvalue weighted by molar-refractivity contribution is 0.304. The molecule has 51 heavy (non-hydrogen) atoms. The van der Waals surface area contributed by atoms with Gasteiger partial charge >= 0.3 is 0 Å². The molecular weight excluding hydrogens is 688 g/mol. The molecule has 5 heteroatoms. The second-order valence-electron chi connectivity index (χ2n) is 13.8. The van der Waals surface area contributed by atoms with Gasteiger partial charge in [-0.2, -0.15) is 0 Å².